The second-order valence-corrected chi connectivity index (χ2v) is 6.53. The number of aliphatic hydroxyl groups is 1. The molecule has 0 bridgehead atoms. The van der Waals surface area contributed by atoms with E-state index in [1.54, 1.807) is 0 Å². The van der Waals surface area contributed by atoms with Crippen molar-refractivity contribution in [3.05, 3.63) is 0 Å². The second kappa shape index (κ2) is 20.6. The lowest BCUT2D eigenvalue weighted by atomic mass is 10.2. The molecule has 0 aromatic carbocycles. The minimum atomic E-state index is -0.299. The van der Waals surface area contributed by atoms with E-state index in [2.05, 4.69) is 19.2 Å². The number of carbonyl (C=O) groups is 1. The topological polar surface area (TPSA) is 77.0 Å². The van der Waals surface area contributed by atoms with Crippen molar-refractivity contribution in [1.29, 1.82) is 0 Å². The maximum absolute atomic E-state index is 11.8. The molecular weight excluding hydrogens is 334 g/mol. The molecule has 0 rings (SSSR count). The lowest BCUT2D eigenvalue weighted by Gasteiger charge is -2.18. The summed E-state index contributed by atoms with van der Waals surface area (Å²) in [6.45, 7) is 7.86. The Morgan fingerprint density at radius 2 is 1.54 bits per heavy atom. The Labute approximate surface area is 160 Å². The first-order valence-electron chi connectivity index (χ1n) is 10.4. The van der Waals surface area contributed by atoms with E-state index in [9.17, 15) is 4.79 Å². The van der Waals surface area contributed by atoms with Crippen LogP contribution in [0.1, 0.15) is 78.1 Å². The van der Waals surface area contributed by atoms with Crippen molar-refractivity contribution in [2.75, 3.05) is 39.5 Å². The van der Waals surface area contributed by atoms with Crippen LogP contribution in [0, 0.1) is 0 Å². The van der Waals surface area contributed by atoms with Crippen LogP contribution in [0.5, 0.6) is 0 Å². The fourth-order valence-electron chi connectivity index (χ4n) is 2.34. The standard InChI is InChI=1S/C20H41NO5/c1-3-5-16-25-20(26-17-6-4-2)12-11-19(23)24-18-10-8-7-9-13-21-14-15-22/h20-22H,3-18H2,1-2H3. The van der Waals surface area contributed by atoms with Crippen LogP contribution >= 0.6 is 0 Å². The molecule has 0 aliphatic heterocycles. The molecule has 156 valence electrons. The van der Waals surface area contributed by atoms with Gasteiger partial charge in [0.1, 0.15) is 0 Å². The molecule has 0 aliphatic rings. The van der Waals surface area contributed by atoms with Crippen molar-refractivity contribution < 1.29 is 24.1 Å². The van der Waals surface area contributed by atoms with Gasteiger partial charge in [-0.1, -0.05) is 39.5 Å². The van der Waals surface area contributed by atoms with E-state index in [0.717, 1.165) is 57.9 Å². The van der Waals surface area contributed by atoms with Crippen molar-refractivity contribution in [3.8, 4) is 0 Å². The zero-order valence-corrected chi connectivity index (χ0v) is 17.0. The van der Waals surface area contributed by atoms with E-state index in [1.807, 2.05) is 0 Å². The lowest BCUT2D eigenvalue weighted by Crippen LogP contribution is -2.21. The van der Waals surface area contributed by atoms with Gasteiger partial charge in [-0.2, -0.15) is 0 Å². The molecular formula is C20H41NO5. The highest BCUT2D eigenvalue weighted by atomic mass is 16.7. The minimum Gasteiger partial charge on any atom is -0.466 e. The molecule has 6 nitrogen and oxygen atoms in total. The monoisotopic (exact) mass is 375 g/mol. The average Bonchev–Trinajstić information content (AvgIpc) is 2.64. The van der Waals surface area contributed by atoms with Crippen LogP contribution in [0.4, 0.5) is 0 Å². The van der Waals surface area contributed by atoms with Crippen LogP contribution in [-0.2, 0) is 19.0 Å². The fraction of sp³-hybridized carbons (Fsp3) is 0.950. The maximum atomic E-state index is 11.8. The summed E-state index contributed by atoms with van der Waals surface area (Å²) in [7, 11) is 0. The fourth-order valence-corrected chi connectivity index (χ4v) is 2.34. The lowest BCUT2D eigenvalue weighted by molar-refractivity contribution is -0.159. The van der Waals surface area contributed by atoms with Gasteiger partial charge in [0.2, 0.25) is 0 Å². The second-order valence-electron chi connectivity index (χ2n) is 6.53. The zero-order valence-electron chi connectivity index (χ0n) is 17.0. The highest BCUT2D eigenvalue weighted by molar-refractivity contribution is 5.69. The third kappa shape index (κ3) is 18.1. The van der Waals surface area contributed by atoms with Gasteiger partial charge in [-0.15, -0.1) is 0 Å². The van der Waals surface area contributed by atoms with Gasteiger partial charge in [0.25, 0.3) is 0 Å². The van der Waals surface area contributed by atoms with E-state index in [1.165, 1.54) is 0 Å². The summed E-state index contributed by atoms with van der Waals surface area (Å²) in [5.41, 5.74) is 0. The number of esters is 1. The Balaban J connectivity index is 3.66. The first-order chi connectivity index (χ1) is 12.7. The molecule has 2 N–H and O–H groups in total. The average molecular weight is 376 g/mol. The van der Waals surface area contributed by atoms with Gasteiger partial charge in [-0.3, -0.25) is 4.79 Å². The number of unbranched alkanes of at least 4 members (excludes halogenated alkanes) is 5. The molecule has 0 saturated carbocycles. The van der Waals surface area contributed by atoms with Gasteiger partial charge < -0.3 is 24.6 Å². The summed E-state index contributed by atoms with van der Waals surface area (Å²) >= 11 is 0. The predicted octanol–water partition coefficient (Wildman–Crippen LogP) is 3.41. The first kappa shape index (κ1) is 25.3. The summed E-state index contributed by atoms with van der Waals surface area (Å²) in [5.74, 6) is -0.169. The van der Waals surface area contributed by atoms with Crippen molar-refractivity contribution in [1.82, 2.24) is 5.32 Å². The number of nitrogens with one attached hydrogen (secondary N) is 1. The SMILES string of the molecule is CCCCOC(CCC(=O)OCCCCCCNCCO)OCCCC. The van der Waals surface area contributed by atoms with Crippen LogP contribution in [0.2, 0.25) is 0 Å². The number of hydrogen-bond acceptors (Lipinski definition) is 6. The smallest absolute Gasteiger partial charge is 0.305 e. The van der Waals surface area contributed by atoms with Crippen molar-refractivity contribution in [3.63, 3.8) is 0 Å². The third-order valence-electron chi connectivity index (χ3n) is 3.99. The van der Waals surface area contributed by atoms with E-state index in [-0.39, 0.29) is 18.9 Å². The molecule has 0 amide bonds. The number of carbonyl (C=O) groups excluding carboxylic acids is 1. The molecule has 6 heteroatoms. The Hall–Kier alpha value is -0.690. The number of hydrogen-bond donors (Lipinski definition) is 2. The summed E-state index contributed by atoms with van der Waals surface area (Å²) in [4.78, 5) is 11.8. The molecule has 0 fully saturated rings. The number of aliphatic hydroxyl groups excluding tert-OH is 1. The summed E-state index contributed by atoms with van der Waals surface area (Å²) in [6.07, 6.45) is 8.92. The normalized spacial score (nSPS) is 11.2. The van der Waals surface area contributed by atoms with Crippen LogP contribution in [0.25, 0.3) is 0 Å². The first-order valence-corrected chi connectivity index (χ1v) is 10.4. The van der Waals surface area contributed by atoms with Gasteiger partial charge in [0.15, 0.2) is 6.29 Å². The molecule has 0 aromatic rings. The van der Waals surface area contributed by atoms with E-state index in [0.29, 0.717) is 39.2 Å². The minimum absolute atomic E-state index is 0.169. The molecule has 0 saturated heterocycles. The van der Waals surface area contributed by atoms with Crippen LogP contribution in [-0.4, -0.2) is 56.9 Å². The van der Waals surface area contributed by atoms with E-state index >= 15 is 0 Å². The molecule has 0 heterocycles. The highest BCUT2D eigenvalue weighted by Gasteiger charge is 2.13. The zero-order chi connectivity index (χ0) is 19.3. The molecule has 0 radical (unpaired) electrons. The van der Waals surface area contributed by atoms with E-state index < -0.39 is 0 Å². The number of rotatable bonds is 20. The quantitative estimate of drug-likeness (QED) is 0.193. The van der Waals surface area contributed by atoms with Crippen molar-refractivity contribution >= 4 is 5.97 Å². The Bertz CT molecular complexity index is 292. The predicted molar refractivity (Wildman–Crippen MR) is 104 cm³/mol. The third-order valence-corrected chi connectivity index (χ3v) is 3.99. The van der Waals surface area contributed by atoms with Gasteiger partial charge in [0, 0.05) is 26.2 Å². The Kier molecular flexibility index (Phi) is 20.1. The van der Waals surface area contributed by atoms with Gasteiger partial charge in [-0.05, 0) is 32.2 Å². The van der Waals surface area contributed by atoms with E-state index in [4.69, 9.17) is 19.3 Å². The van der Waals surface area contributed by atoms with Crippen molar-refractivity contribution in [2.24, 2.45) is 0 Å². The Morgan fingerprint density at radius 3 is 2.15 bits per heavy atom. The largest absolute Gasteiger partial charge is 0.466 e. The summed E-state index contributed by atoms with van der Waals surface area (Å²) in [6, 6.07) is 0. The summed E-state index contributed by atoms with van der Waals surface area (Å²) in [5, 5.41) is 11.8. The Morgan fingerprint density at radius 1 is 0.885 bits per heavy atom. The van der Waals surface area contributed by atoms with Crippen LogP contribution < -0.4 is 5.32 Å². The maximum Gasteiger partial charge on any atom is 0.305 e. The van der Waals surface area contributed by atoms with Gasteiger partial charge >= 0.3 is 5.97 Å². The molecule has 0 unspecified atom stereocenters. The molecule has 0 spiro atoms. The highest BCUT2D eigenvalue weighted by Crippen LogP contribution is 2.09. The van der Waals surface area contributed by atoms with Gasteiger partial charge in [0.05, 0.1) is 19.6 Å². The van der Waals surface area contributed by atoms with Crippen LogP contribution in [0.3, 0.4) is 0 Å². The van der Waals surface area contributed by atoms with Gasteiger partial charge in [-0.25, -0.2) is 0 Å². The summed E-state index contributed by atoms with van der Waals surface area (Å²) < 4.78 is 16.7. The van der Waals surface area contributed by atoms with Crippen LogP contribution in [0.15, 0.2) is 0 Å². The molecule has 0 aromatic heterocycles. The van der Waals surface area contributed by atoms with Crippen molar-refractivity contribution in [2.45, 2.75) is 84.3 Å². The number of ether oxygens (including phenoxy) is 3. The molecule has 0 aliphatic carbocycles. The molecule has 26 heavy (non-hydrogen) atoms. The molecule has 0 atom stereocenters.